The van der Waals surface area contributed by atoms with Crippen molar-refractivity contribution >= 4 is 29.4 Å². The van der Waals surface area contributed by atoms with Crippen LogP contribution in [0.15, 0.2) is 46.9 Å². The number of hydrazone groups is 1. The summed E-state index contributed by atoms with van der Waals surface area (Å²) in [5, 5.41) is 14.7. The number of nitrogens with one attached hydrogen (secondary N) is 1. The van der Waals surface area contributed by atoms with Crippen molar-refractivity contribution < 1.29 is 14.7 Å². The van der Waals surface area contributed by atoms with Gasteiger partial charge in [-0.3, -0.25) is 4.79 Å². The van der Waals surface area contributed by atoms with Gasteiger partial charge in [0.25, 0.3) is 0 Å². The molecule has 1 amide bonds. The van der Waals surface area contributed by atoms with Gasteiger partial charge in [-0.15, -0.1) is 11.3 Å². The number of carboxylic acid groups (broad SMARTS) is 1. The molecule has 0 aliphatic heterocycles. The number of aromatic carboxylic acids is 1. The van der Waals surface area contributed by atoms with E-state index in [1.165, 1.54) is 23.6 Å². The van der Waals surface area contributed by atoms with E-state index in [4.69, 9.17) is 5.11 Å². The Hall–Kier alpha value is -2.47. The van der Waals surface area contributed by atoms with E-state index in [-0.39, 0.29) is 17.9 Å². The summed E-state index contributed by atoms with van der Waals surface area (Å²) < 4.78 is 0. The molecular formula is C14H12N2O3S. The van der Waals surface area contributed by atoms with Crippen LogP contribution in [-0.4, -0.2) is 23.2 Å². The molecule has 0 spiro atoms. The predicted octanol–water partition coefficient (Wildman–Crippen LogP) is 2.14. The summed E-state index contributed by atoms with van der Waals surface area (Å²) in [5.74, 6) is -1.27. The number of nitrogens with zero attached hydrogens (tertiary/aromatic N) is 1. The number of carbonyl (C=O) groups is 2. The van der Waals surface area contributed by atoms with Gasteiger partial charge in [0.05, 0.1) is 18.2 Å². The molecule has 0 fully saturated rings. The maximum absolute atomic E-state index is 11.6. The summed E-state index contributed by atoms with van der Waals surface area (Å²) in [4.78, 5) is 23.5. The first-order valence-electron chi connectivity index (χ1n) is 5.83. The zero-order chi connectivity index (χ0) is 14.4. The van der Waals surface area contributed by atoms with Crippen LogP contribution in [-0.2, 0) is 11.2 Å². The summed E-state index contributed by atoms with van der Waals surface area (Å²) in [7, 11) is 0. The molecule has 0 radical (unpaired) electrons. The Labute approximate surface area is 119 Å². The second-order valence-corrected chi connectivity index (χ2v) is 4.97. The minimum absolute atomic E-state index is 0.142. The van der Waals surface area contributed by atoms with Gasteiger partial charge in [0, 0.05) is 10.4 Å². The van der Waals surface area contributed by atoms with E-state index in [2.05, 4.69) is 10.5 Å². The van der Waals surface area contributed by atoms with Gasteiger partial charge >= 0.3 is 5.97 Å². The first-order valence-corrected chi connectivity index (χ1v) is 6.71. The third-order valence-corrected chi connectivity index (χ3v) is 3.38. The largest absolute Gasteiger partial charge is 0.478 e. The number of hydrogen-bond donors (Lipinski definition) is 2. The Bertz CT molecular complexity index is 636. The summed E-state index contributed by atoms with van der Waals surface area (Å²) in [6.07, 6.45) is 1.59. The summed E-state index contributed by atoms with van der Waals surface area (Å²) >= 11 is 1.50. The number of amides is 1. The van der Waals surface area contributed by atoms with Crippen LogP contribution in [0.5, 0.6) is 0 Å². The van der Waals surface area contributed by atoms with Crippen LogP contribution >= 0.6 is 11.3 Å². The number of rotatable bonds is 5. The molecule has 2 N–H and O–H groups in total. The molecule has 0 atom stereocenters. The minimum Gasteiger partial charge on any atom is -0.478 e. The van der Waals surface area contributed by atoms with Gasteiger partial charge in [-0.05, 0) is 17.5 Å². The molecular weight excluding hydrogens is 276 g/mol. The molecule has 2 rings (SSSR count). The van der Waals surface area contributed by atoms with Crippen molar-refractivity contribution in [3.05, 3.63) is 57.8 Å². The summed E-state index contributed by atoms with van der Waals surface area (Å²) in [6, 6.07) is 10.2. The lowest BCUT2D eigenvalue weighted by Crippen LogP contribution is -2.19. The predicted molar refractivity (Wildman–Crippen MR) is 77.2 cm³/mol. The molecule has 6 heteroatoms. The van der Waals surface area contributed by atoms with E-state index in [0.717, 1.165) is 4.88 Å². The second kappa shape index (κ2) is 6.63. The molecule has 0 unspecified atom stereocenters. The number of carboxylic acids is 1. The summed E-state index contributed by atoms with van der Waals surface area (Å²) in [6.45, 7) is 0. The van der Waals surface area contributed by atoms with Gasteiger partial charge in [-0.25, -0.2) is 10.2 Å². The highest BCUT2D eigenvalue weighted by Crippen LogP contribution is 2.09. The lowest BCUT2D eigenvalue weighted by atomic mass is 10.1. The van der Waals surface area contributed by atoms with Gasteiger partial charge in [-0.1, -0.05) is 24.3 Å². The molecule has 0 aliphatic rings. The smallest absolute Gasteiger partial charge is 0.336 e. The quantitative estimate of drug-likeness (QED) is 0.653. The lowest BCUT2D eigenvalue weighted by molar-refractivity contribution is -0.120. The lowest BCUT2D eigenvalue weighted by Gasteiger charge is -2.00. The van der Waals surface area contributed by atoms with Crippen molar-refractivity contribution in [2.45, 2.75) is 6.42 Å². The van der Waals surface area contributed by atoms with E-state index >= 15 is 0 Å². The highest BCUT2D eigenvalue weighted by molar-refractivity contribution is 7.10. The van der Waals surface area contributed by atoms with Gasteiger partial charge < -0.3 is 5.11 Å². The Morgan fingerprint density at radius 1 is 1.25 bits per heavy atom. The fourth-order valence-electron chi connectivity index (χ4n) is 1.59. The molecule has 0 aliphatic carbocycles. The number of thiophene rings is 1. The van der Waals surface area contributed by atoms with Gasteiger partial charge in [0.15, 0.2) is 0 Å². The number of benzene rings is 1. The highest BCUT2D eigenvalue weighted by atomic mass is 32.1. The van der Waals surface area contributed by atoms with Crippen molar-refractivity contribution in [2.24, 2.45) is 5.10 Å². The Kier molecular flexibility index (Phi) is 4.62. The zero-order valence-electron chi connectivity index (χ0n) is 10.4. The molecule has 0 saturated carbocycles. The monoisotopic (exact) mass is 288 g/mol. The van der Waals surface area contributed by atoms with Crippen molar-refractivity contribution in [3.63, 3.8) is 0 Å². The Morgan fingerprint density at radius 3 is 2.75 bits per heavy atom. The van der Waals surface area contributed by atoms with Gasteiger partial charge in [0.2, 0.25) is 5.91 Å². The maximum atomic E-state index is 11.6. The third-order valence-electron chi connectivity index (χ3n) is 2.50. The SMILES string of the molecule is O=C(Cc1cccs1)NN=Cc1ccccc1C(=O)O. The highest BCUT2D eigenvalue weighted by Gasteiger charge is 2.07. The average molecular weight is 288 g/mol. The van der Waals surface area contributed by atoms with Gasteiger partial charge in [0.1, 0.15) is 0 Å². The fraction of sp³-hybridized carbons (Fsp3) is 0.0714. The van der Waals surface area contributed by atoms with Crippen molar-refractivity contribution in [1.82, 2.24) is 5.43 Å². The van der Waals surface area contributed by atoms with Crippen LogP contribution in [0.4, 0.5) is 0 Å². The standard InChI is InChI=1S/C14H12N2O3S/c17-13(8-11-5-3-7-20-11)16-15-9-10-4-1-2-6-12(10)14(18)19/h1-7,9H,8H2,(H,16,17)(H,18,19). The van der Waals surface area contributed by atoms with Crippen LogP contribution in [0.1, 0.15) is 20.8 Å². The first kappa shape index (κ1) is 14.0. The molecule has 0 bridgehead atoms. The van der Waals surface area contributed by atoms with E-state index in [1.54, 1.807) is 18.2 Å². The fourth-order valence-corrected chi connectivity index (χ4v) is 2.29. The molecule has 1 aromatic carbocycles. The van der Waals surface area contributed by atoms with Gasteiger partial charge in [-0.2, -0.15) is 5.10 Å². The Balaban J connectivity index is 1.96. The molecule has 0 saturated heterocycles. The first-order chi connectivity index (χ1) is 9.66. The van der Waals surface area contributed by atoms with E-state index < -0.39 is 5.97 Å². The van der Waals surface area contributed by atoms with Crippen LogP contribution < -0.4 is 5.43 Å². The molecule has 1 heterocycles. The topological polar surface area (TPSA) is 78.8 Å². The average Bonchev–Trinajstić information content (AvgIpc) is 2.92. The zero-order valence-corrected chi connectivity index (χ0v) is 11.3. The maximum Gasteiger partial charge on any atom is 0.336 e. The number of hydrogen-bond acceptors (Lipinski definition) is 4. The molecule has 20 heavy (non-hydrogen) atoms. The van der Waals surface area contributed by atoms with Crippen LogP contribution in [0.3, 0.4) is 0 Å². The minimum atomic E-state index is -1.03. The molecule has 1 aromatic heterocycles. The van der Waals surface area contributed by atoms with Crippen molar-refractivity contribution in [2.75, 3.05) is 0 Å². The van der Waals surface area contributed by atoms with E-state index in [0.29, 0.717) is 5.56 Å². The van der Waals surface area contributed by atoms with Crippen LogP contribution in [0.25, 0.3) is 0 Å². The molecule has 5 nitrogen and oxygen atoms in total. The summed E-state index contributed by atoms with van der Waals surface area (Å²) in [5.41, 5.74) is 2.96. The third kappa shape index (κ3) is 3.76. The number of carbonyl (C=O) groups excluding carboxylic acids is 1. The van der Waals surface area contributed by atoms with E-state index in [9.17, 15) is 9.59 Å². The molecule has 102 valence electrons. The van der Waals surface area contributed by atoms with Crippen molar-refractivity contribution in [1.29, 1.82) is 0 Å². The Morgan fingerprint density at radius 2 is 2.05 bits per heavy atom. The van der Waals surface area contributed by atoms with Crippen LogP contribution in [0.2, 0.25) is 0 Å². The van der Waals surface area contributed by atoms with E-state index in [1.807, 2.05) is 17.5 Å². The normalized spacial score (nSPS) is 10.6. The van der Waals surface area contributed by atoms with Crippen LogP contribution in [0, 0.1) is 0 Å². The molecule has 2 aromatic rings. The van der Waals surface area contributed by atoms with Crippen molar-refractivity contribution in [3.8, 4) is 0 Å². The second-order valence-electron chi connectivity index (χ2n) is 3.94.